The van der Waals surface area contributed by atoms with Gasteiger partial charge in [0.25, 0.3) is 0 Å². The smallest absolute Gasteiger partial charge is 0.101 e. The monoisotopic (exact) mass is 120 g/mol. The number of hydrogen-bond donors (Lipinski definition) is 1. The first-order chi connectivity index (χ1) is 4.34. The maximum absolute atomic E-state index is 10.7. The summed E-state index contributed by atoms with van der Waals surface area (Å²) in [4.78, 5) is 13.4. The molecule has 0 aromatic carbocycles. The lowest BCUT2D eigenvalue weighted by molar-refractivity contribution is 0.104. The molecule has 0 saturated carbocycles. The second kappa shape index (κ2) is 2.31. The number of aromatic amines is 1. The third-order valence-electron chi connectivity index (χ3n) is 0.991. The molecule has 0 aliphatic heterocycles. The van der Waals surface area contributed by atoms with E-state index in [1.807, 2.05) is 0 Å². The molecule has 0 bridgehead atoms. The third kappa shape index (κ3) is 1.08. The van der Waals surface area contributed by atoms with Gasteiger partial charge in [-0.05, 0) is 0 Å². The molecule has 0 atom stereocenters. The fraction of sp³-hybridized carbons (Fsp3) is 0. The highest BCUT2D eigenvalue weighted by Gasteiger charge is 1.87. The molecule has 0 spiro atoms. The molecule has 0 amide bonds. The molecule has 0 aliphatic rings. The predicted octanol–water partition coefficient (Wildman–Crippen LogP) is 1.18. The van der Waals surface area contributed by atoms with Crippen molar-refractivity contribution in [1.29, 1.82) is 0 Å². The maximum Gasteiger partial charge on any atom is 0.101 e. The summed E-state index contributed by atoms with van der Waals surface area (Å²) >= 11 is 0. The van der Waals surface area contributed by atoms with Crippen LogP contribution in [0.3, 0.4) is 0 Å². The van der Waals surface area contributed by atoms with Crippen molar-refractivity contribution in [3.05, 3.63) is 36.7 Å². The first kappa shape index (κ1) is 5.82. The highest BCUT2D eigenvalue weighted by Crippen LogP contribution is 1.96. The molecule has 1 aromatic rings. The number of ketones is 1. The lowest BCUT2D eigenvalue weighted by atomic mass is 10.2. The number of hydrogen-bond acceptors (Lipinski definition) is 1. The zero-order valence-electron chi connectivity index (χ0n) is 4.85. The second-order valence-corrected chi connectivity index (χ2v) is 1.58. The van der Waals surface area contributed by atoms with Crippen molar-refractivity contribution in [2.24, 2.45) is 0 Å². The summed E-state index contributed by atoms with van der Waals surface area (Å²) in [7, 11) is 0. The van der Waals surface area contributed by atoms with E-state index >= 15 is 0 Å². The molecule has 9 heavy (non-hydrogen) atoms. The van der Waals surface area contributed by atoms with Crippen LogP contribution >= 0.6 is 0 Å². The fourth-order valence-electron chi connectivity index (χ4n) is 0.540. The van der Waals surface area contributed by atoms with Gasteiger partial charge in [-0.15, -0.1) is 12.8 Å². The summed E-state index contributed by atoms with van der Waals surface area (Å²) in [6, 6.07) is 1.66. The summed E-state index contributed by atoms with van der Waals surface area (Å²) in [6.45, 7) is 3.33. The number of carbonyl (C=O) groups excluding carboxylic acids is 1. The molecule has 0 saturated heterocycles. The highest BCUT2D eigenvalue weighted by atomic mass is 16.1. The average Bonchev–Trinajstić information content (AvgIpc) is 2.37. The van der Waals surface area contributed by atoms with E-state index in [-0.39, 0.29) is 5.78 Å². The molecule has 1 aromatic heterocycles. The van der Waals surface area contributed by atoms with Gasteiger partial charge >= 0.3 is 0 Å². The Bertz CT molecular complexity index is 211. The van der Waals surface area contributed by atoms with Gasteiger partial charge in [0.05, 0.1) is 0 Å². The van der Waals surface area contributed by atoms with E-state index in [9.17, 15) is 4.79 Å². The Labute approximate surface area is 53.2 Å². The number of rotatable bonds is 2. The van der Waals surface area contributed by atoms with Crippen molar-refractivity contribution in [3.8, 4) is 0 Å². The van der Waals surface area contributed by atoms with Crippen LogP contribution in [0.15, 0.2) is 24.9 Å². The van der Waals surface area contributed by atoms with Crippen molar-refractivity contribution in [3.63, 3.8) is 0 Å². The van der Waals surface area contributed by atoms with Crippen molar-refractivity contribution in [2.45, 2.75) is 0 Å². The molecule has 0 aliphatic carbocycles. The van der Waals surface area contributed by atoms with Crippen molar-refractivity contribution in [2.75, 3.05) is 0 Å². The Hall–Kier alpha value is -1.31. The van der Waals surface area contributed by atoms with E-state index in [1.54, 1.807) is 12.3 Å². The van der Waals surface area contributed by atoms with Crippen molar-refractivity contribution < 1.29 is 4.79 Å². The average molecular weight is 120 g/mol. The summed E-state index contributed by atoms with van der Waals surface area (Å²) in [5.41, 5.74) is 0.532. The first-order valence-corrected chi connectivity index (χ1v) is 2.56. The minimum Gasteiger partial charge on any atom is -0.453 e. The van der Waals surface area contributed by atoms with Gasteiger partial charge in [-0.2, -0.15) is 6.07 Å². The lowest BCUT2D eigenvalue weighted by Crippen LogP contribution is -1.88. The van der Waals surface area contributed by atoms with Gasteiger partial charge in [-0.3, -0.25) is 0 Å². The molecule has 0 fully saturated rings. The molecule has 2 nitrogen and oxygen atoms in total. The van der Waals surface area contributed by atoms with E-state index in [4.69, 9.17) is 0 Å². The van der Waals surface area contributed by atoms with Crippen LogP contribution in [0.4, 0.5) is 0 Å². The van der Waals surface area contributed by atoms with Crippen molar-refractivity contribution in [1.82, 2.24) is 4.98 Å². The van der Waals surface area contributed by atoms with Crippen LogP contribution in [0.25, 0.3) is 0 Å². The number of carbonyl (C=O) groups is 1. The molecule has 0 radical (unpaired) electrons. The number of aromatic nitrogens is 1. The van der Waals surface area contributed by atoms with Gasteiger partial charge in [0.1, 0.15) is 5.78 Å². The van der Waals surface area contributed by atoms with Crippen LogP contribution in [0.1, 0.15) is 10.4 Å². The van der Waals surface area contributed by atoms with E-state index in [0.29, 0.717) is 5.56 Å². The Balaban J connectivity index is 2.89. The van der Waals surface area contributed by atoms with Crippen LogP contribution in [0, 0.1) is 6.20 Å². The molecule has 1 rings (SSSR count). The minimum atomic E-state index is -0.101. The highest BCUT2D eigenvalue weighted by molar-refractivity contribution is 6.03. The van der Waals surface area contributed by atoms with Crippen LogP contribution < -0.4 is 0 Å². The quantitative estimate of drug-likeness (QED) is 0.355. The van der Waals surface area contributed by atoms with Gasteiger partial charge in [0, 0.05) is 0 Å². The van der Waals surface area contributed by atoms with Gasteiger partial charge in [0.2, 0.25) is 0 Å². The van der Waals surface area contributed by atoms with E-state index in [0.717, 1.165) is 0 Å². The standard InChI is InChI=1S/C7H6NO/c1-2-7(9)6-3-4-8-5-6/h2-4,8H,1H2/q-1. The Morgan fingerprint density at radius 1 is 1.89 bits per heavy atom. The molecule has 1 heterocycles. The first-order valence-electron chi connectivity index (χ1n) is 2.56. The molecule has 2 heteroatoms. The Morgan fingerprint density at radius 2 is 2.67 bits per heavy atom. The lowest BCUT2D eigenvalue weighted by Gasteiger charge is -1.91. The third-order valence-corrected chi connectivity index (χ3v) is 0.991. The number of H-pyrrole nitrogens is 1. The van der Waals surface area contributed by atoms with Crippen molar-refractivity contribution >= 4 is 5.78 Å². The zero-order valence-corrected chi connectivity index (χ0v) is 4.85. The van der Waals surface area contributed by atoms with Crippen LogP contribution in [-0.4, -0.2) is 10.8 Å². The topological polar surface area (TPSA) is 32.9 Å². The summed E-state index contributed by atoms with van der Waals surface area (Å²) in [5, 5.41) is 0. The summed E-state index contributed by atoms with van der Waals surface area (Å²) in [5.74, 6) is -0.101. The predicted molar refractivity (Wildman–Crippen MR) is 34.2 cm³/mol. The normalized spacial score (nSPS) is 8.89. The van der Waals surface area contributed by atoms with E-state index < -0.39 is 0 Å². The second-order valence-electron chi connectivity index (χ2n) is 1.58. The SMILES string of the molecule is C=CC(=O)c1[c-][nH]cc1. The molecule has 0 unspecified atom stereocenters. The van der Waals surface area contributed by atoms with Crippen LogP contribution in [-0.2, 0) is 0 Å². The molecular weight excluding hydrogens is 114 g/mol. The number of nitrogens with one attached hydrogen (secondary N) is 1. The van der Waals surface area contributed by atoms with E-state index in [1.165, 1.54) is 6.08 Å². The zero-order chi connectivity index (χ0) is 6.69. The Kier molecular flexibility index (Phi) is 1.49. The summed E-state index contributed by atoms with van der Waals surface area (Å²) in [6.07, 6.45) is 5.56. The Morgan fingerprint density at radius 3 is 3.11 bits per heavy atom. The van der Waals surface area contributed by atoms with Gasteiger partial charge in [0.15, 0.2) is 0 Å². The van der Waals surface area contributed by atoms with Crippen LogP contribution in [0.2, 0.25) is 0 Å². The van der Waals surface area contributed by atoms with Gasteiger partial charge < -0.3 is 9.78 Å². The summed E-state index contributed by atoms with van der Waals surface area (Å²) < 4.78 is 0. The van der Waals surface area contributed by atoms with Gasteiger partial charge in [-0.25, -0.2) is 0 Å². The number of allylic oxidation sites excluding steroid dienone is 1. The van der Waals surface area contributed by atoms with Gasteiger partial charge in [-0.1, -0.05) is 17.8 Å². The largest absolute Gasteiger partial charge is 0.453 e. The minimum absolute atomic E-state index is 0.101. The molecule has 46 valence electrons. The van der Waals surface area contributed by atoms with Crippen LogP contribution in [0.5, 0.6) is 0 Å². The maximum atomic E-state index is 10.7. The van der Waals surface area contributed by atoms with E-state index in [2.05, 4.69) is 17.8 Å². The molecular formula is C7H6NO-. The molecule has 1 N–H and O–H groups in total. The fourth-order valence-corrected chi connectivity index (χ4v) is 0.540.